The van der Waals surface area contributed by atoms with E-state index in [4.69, 9.17) is 9.15 Å². The second-order valence-corrected chi connectivity index (χ2v) is 7.55. The maximum Gasteiger partial charge on any atom is 0.350 e. The number of halogens is 2. The second-order valence-electron chi connectivity index (χ2n) is 6.70. The monoisotopic (exact) mass is 413 g/mol. The van der Waals surface area contributed by atoms with Crippen LogP contribution < -0.4 is 10.4 Å². The van der Waals surface area contributed by atoms with Gasteiger partial charge in [-0.25, -0.2) is 4.79 Å². The van der Waals surface area contributed by atoms with Gasteiger partial charge < -0.3 is 14.1 Å². The van der Waals surface area contributed by atoms with E-state index < -0.39 is 0 Å². The number of nitrogens with zero attached hydrogens (tertiary/aromatic N) is 1. The maximum absolute atomic E-state index is 11.6. The molecule has 3 heterocycles. The summed E-state index contributed by atoms with van der Waals surface area (Å²) in [6, 6.07) is 8.79. The van der Waals surface area contributed by atoms with E-state index >= 15 is 0 Å². The zero-order valence-corrected chi connectivity index (χ0v) is 15.9. The topological polar surface area (TPSA) is 42.7 Å². The van der Waals surface area contributed by atoms with E-state index in [2.05, 4.69) is 27.9 Å². The Labute approximate surface area is 155 Å². The molecule has 24 heavy (non-hydrogen) atoms. The Morgan fingerprint density at radius 2 is 1.92 bits per heavy atom. The van der Waals surface area contributed by atoms with Crippen LogP contribution in [0.15, 0.2) is 37.9 Å². The lowest BCUT2D eigenvalue weighted by Gasteiger charge is -2.46. The van der Waals surface area contributed by atoms with Gasteiger partial charge in [0.2, 0.25) is 0 Å². The Hall–Kier alpha value is -1.04. The van der Waals surface area contributed by atoms with E-state index in [1.165, 1.54) is 19.3 Å². The quantitative estimate of drug-likeness (QED) is 0.684. The van der Waals surface area contributed by atoms with Gasteiger partial charge in [-0.05, 0) is 66.9 Å². The molecule has 0 saturated carbocycles. The minimum atomic E-state index is -0.358. The summed E-state index contributed by atoms with van der Waals surface area (Å²) >= 11 is 3.21. The lowest BCUT2D eigenvalue weighted by Crippen LogP contribution is -2.52. The highest BCUT2D eigenvalue weighted by atomic mass is 79.9. The third-order valence-electron chi connectivity index (χ3n) is 5.26. The fourth-order valence-corrected chi connectivity index (χ4v) is 4.32. The molecule has 2 unspecified atom stereocenters. The number of benzene rings is 1. The number of piperidine rings is 2. The van der Waals surface area contributed by atoms with Gasteiger partial charge in [-0.1, -0.05) is 6.42 Å². The molecule has 0 radical (unpaired) electrons. The molecule has 0 amide bonds. The molecular formula is C18H21BrClNO3. The van der Waals surface area contributed by atoms with Gasteiger partial charge in [0, 0.05) is 23.5 Å². The van der Waals surface area contributed by atoms with E-state index in [0.717, 1.165) is 24.0 Å². The van der Waals surface area contributed by atoms with Crippen LogP contribution in [-0.4, -0.2) is 30.1 Å². The van der Waals surface area contributed by atoms with Crippen molar-refractivity contribution in [1.82, 2.24) is 4.90 Å². The number of ether oxygens (including phenoxy) is 1. The van der Waals surface area contributed by atoms with E-state index in [0.29, 0.717) is 22.1 Å². The summed E-state index contributed by atoms with van der Waals surface area (Å²) in [7, 11) is 2.24. The number of hydrogen-bond acceptors (Lipinski definition) is 4. The molecule has 1 aromatic carbocycles. The van der Waals surface area contributed by atoms with Gasteiger partial charge in [-0.2, -0.15) is 0 Å². The molecule has 2 atom stereocenters. The molecule has 0 N–H and O–H groups in total. The number of hydrogen-bond donors (Lipinski definition) is 0. The SMILES string of the molecule is CN1C2CCCC1CC(Oc1ccc3cc(Br)c(=O)oc3c1)C2.Cl. The predicted octanol–water partition coefficient (Wildman–Crippen LogP) is 4.37. The highest BCUT2D eigenvalue weighted by molar-refractivity contribution is 9.10. The fraction of sp³-hybridized carbons (Fsp3) is 0.500. The van der Waals surface area contributed by atoms with Crippen LogP contribution in [0.25, 0.3) is 11.0 Å². The lowest BCUT2D eigenvalue weighted by atomic mass is 9.83. The largest absolute Gasteiger partial charge is 0.490 e. The van der Waals surface area contributed by atoms with Gasteiger partial charge in [0.25, 0.3) is 0 Å². The van der Waals surface area contributed by atoms with Crippen molar-refractivity contribution in [2.45, 2.75) is 50.3 Å². The molecule has 4 rings (SSSR count). The molecule has 0 spiro atoms. The van der Waals surface area contributed by atoms with Gasteiger partial charge >= 0.3 is 5.63 Å². The van der Waals surface area contributed by atoms with Gasteiger partial charge in [-0.15, -0.1) is 12.4 Å². The molecule has 2 aliphatic rings. The van der Waals surface area contributed by atoms with E-state index in [1.54, 1.807) is 6.07 Å². The number of rotatable bonds is 2. The molecule has 2 aromatic rings. The Morgan fingerprint density at radius 1 is 1.21 bits per heavy atom. The molecule has 0 aliphatic carbocycles. The van der Waals surface area contributed by atoms with Gasteiger partial charge in [0.05, 0.1) is 0 Å². The Bertz CT molecular complexity index is 779. The maximum atomic E-state index is 11.6. The summed E-state index contributed by atoms with van der Waals surface area (Å²) in [6.07, 6.45) is 6.29. The summed E-state index contributed by atoms with van der Waals surface area (Å²) in [5.41, 5.74) is 0.215. The zero-order valence-electron chi connectivity index (χ0n) is 13.5. The minimum absolute atomic E-state index is 0. The van der Waals surface area contributed by atoms with Crippen LogP contribution in [0.2, 0.25) is 0 Å². The van der Waals surface area contributed by atoms with Crippen LogP contribution in [0.4, 0.5) is 0 Å². The summed E-state index contributed by atoms with van der Waals surface area (Å²) in [5.74, 6) is 0.788. The standard InChI is InChI=1S/C18H20BrNO3.ClH/c1-20-12-3-2-4-13(20)9-15(8-12)22-14-6-5-11-7-16(19)18(21)23-17(11)10-14;/h5-7,10,12-13,15H,2-4,8-9H2,1H3;1H. The van der Waals surface area contributed by atoms with Crippen molar-refractivity contribution in [3.63, 3.8) is 0 Å². The summed E-state index contributed by atoms with van der Waals surface area (Å²) < 4.78 is 12.0. The van der Waals surface area contributed by atoms with Crippen molar-refractivity contribution in [2.24, 2.45) is 0 Å². The molecule has 2 bridgehead atoms. The normalized spacial score (nSPS) is 26.8. The third kappa shape index (κ3) is 3.35. The van der Waals surface area contributed by atoms with E-state index in [9.17, 15) is 4.79 Å². The van der Waals surface area contributed by atoms with Crippen molar-refractivity contribution >= 4 is 39.3 Å². The molecule has 2 aliphatic heterocycles. The van der Waals surface area contributed by atoms with E-state index in [1.807, 2.05) is 18.2 Å². The van der Waals surface area contributed by atoms with Crippen LogP contribution in [-0.2, 0) is 0 Å². The average molecular weight is 415 g/mol. The van der Waals surface area contributed by atoms with Crippen LogP contribution in [0, 0.1) is 0 Å². The fourth-order valence-electron chi connectivity index (χ4n) is 3.99. The Kier molecular flexibility index (Phi) is 5.23. The highest BCUT2D eigenvalue weighted by Gasteiger charge is 2.36. The van der Waals surface area contributed by atoms with Crippen molar-refractivity contribution in [1.29, 1.82) is 0 Å². The second kappa shape index (κ2) is 7.06. The Balaban J connectivity index is 0.00000169. The molecule has 2 saturated heterocycles. The summed E-state index contributed by atoms with van der Waals surface area (Å²) in [5, 5.41) is 0.893. The lowest BCUT2D eigenvalue weighted by molar-refractivity contribution is 0.000166. The minimum Gasteiger partial charge on any atom is -0.490 e. The molecule has 4 nitrogen and oxygen atoms in total. The van der Waals surface area contributed by atoms with Gasteiger partial charge in [0.15, 0.2) is 0 Å². The average Bonchev–Trinajstić information content (AvgIpc) is 2.50. The molecule has 2 fully saturated rings. The number of fused-ring (bicyclic) bond motifs is 3. The van der Waals surface area contributed by atoms with Crippen LogP contribution in [0.3, 0.4) is 0 Å². The van der Waals surface area contributed by atoms with Crippen molar-refractivity contribution in [3.05, 3.63) is 39.2 Å². The van der Waals surface area contributed by atoms with E-state index in [-0.39, 0.29) is 24.1 Å². The predicted molar refractivity (Wildman–Crippen MR) is 100 cm³/mol. The highest BCUT2D eigenvalue weighted by Crippen LogP contribution is 2.34. The van der Waals surface area contributed by atoms with Crippen LogP contribution >= 0.6 is 28.3 Å². The first-order valence-electron chi connectivity index (χ1n) is 8.22. The first-order chi connectivity index (χ1) is 11.1. The molecule has 130 valence electrons. The zero-order chi connectivity index (χ0) is 16.0. The summed E-state index contributed by atoms with van der Waals surface area (Å²) in [4.78, 5) is 14.2. The van der Waals surface area contributed by atoms with Crippen molar-refractivity contribution in [3.8, 4) is 5.75 Å². The third-order valence-corrected chi connectivity index (χ3v) is 5.82. The Morgan fingerprint density at radius 3 is 2.62 bits per heavy atom. The first-order valence-corrected chi connectivity index (χ1v) is 9.01. The molecule has 1 aromatic heterocycles. The summed E-state index contributed by atoms with van der Waals surface area (Å²) in [6.45, 7) is 0. The molecular weight excluding hydrogens is 394 g/mol. The van der Waals surface area contributed by atoms with Crippen LogP contribution in [0.5, 0.6) is 5.75 Å². The first kappa shape index (κ1) is 17.8. The van der Waals surface area contributed by atoms with Crippen molar-refractivity contribution < 1.29 is 9.15 Å². The van der Waals surface area contributed by atoms with Crippen LogP contribution in [0.1, 0.15) is 32.1 Å². The van der Waals surface area contributed by atoms with Gasteiger partial charge in [0.1, 0.15) is 21.9 Å². The molecule has 6 heteroatoms. The van der Waals surface area contributed by atoms with Gasteiger partial charge in [-0.3, -0.25) is 0 Å². The van der Waals surface area contributed by atoms with Crippen molar-refractivity contribution in [2.75, 3.05) is 7.05 Å². The smallest absolute Gasteiger partial charge is 0.350 e.